The van der Waals surface area contributed by atoms with E-state index in [2.05, 4.69) is 10.6 Å². The molecule has 0 rings (SSSR count). The first kappa shape index (κ1) is 12.6. The Balaban J connectivity index is 3.78. The van der Waals surface area contributed by atoms with E-state index in [1.807, 2.05) is 21.0 Å². The van der Waals surface area contributed by atoms with E-state index >= 15 is 0 Å². The van der Waals surface area contributed by atoms with E-state index in [-0.39, 0.29) is 11.3 Å². The lowest BCUT2D eigenvalue weighted by molar-refractivity contribution is -0.122. The van der Waals surface area contributed by atoms with Crippen molar-refractivity contribution in [3.8, 4) is 0 Å². The number of unbranched alkanes of at least 4 members (excludes halogenated alkanes) is 1. The molecule has 0 saturated carbocycles. The van der Waals surface area contributed by atoms with Crippen LogP contribution in [0.4, 0.5) is 0 Å². The highest BCUT2D eigenvalue weighted by Gasteiger charge is 2.26. The van der Waals surface area contributed by atoms with Crippen LogP contribution in [0, 0.1) is 0 Å². The summed E-state index contributed by atoms with van der Waals surface area (Å²) in [7, 11) is 3.79. The lowest BCUT2D eigenvalue weighted by atomic mass is 9.91. The van der Waals surface area contributed by atoms with Crippen molar-refractivity contribution < 1.29 is 4.79 Å². The van der Waals surface area contributed by atoms with Crippen LogP contribution in [0.15, 0.2) is 0 Å². The average molecular weight is 186 g/mol. The fourth-order valence-electron chi connectivity index (χ4n) is 1.26. The summed E-state index contributed by atoms with van der Waals surface area (Å²) in [4.78, 5) is 11.3. The molecule has 78 valence electrons. The Labute approximate surface area is 81.3 Å². The van der Waals surface area contributed by atoms with Gasteiger partial charge in [0, 0.05) is 0 Å². The molecule has 0 heterocycles. The van der Waals surface area contributed by atoms with Crippen molar-refractivity contribution in [2.24, 2.45) is 0 Å². The van der Waals surface area contributed by atoms with Crippen molar-refractivity contribution in [3.63, 3.8) is 0 Å². The summed E-state index contributed by atoms with van der Waals surface area (Å²) in [6, 6.07) is 0. The molecule has 0 bridgehead atoms. The number of likely N-dealkylation sites (N-methyl/N-ethyl adjacent to an activating group) is 1. The molecule has 0 aromatic carbocycles. The average Bonchev–Trinajstić information content (AvgIpc) is 2.12. The SMILES string of the molecule is CNCCCCC(C)(NC)C(C)=O. The minimum atomic E-state index is -0.326. The fraction of sp³-hybridized carbons (Fsp3) is 0.900. The maximum absolute atomic E-state index is 11.3. The van der Waals surface area contributed by atoms with Crippen molar-refractivity contribution >= 4 is 5.78 Å². The van der Waals surface area contributed by atoms with Gasteiger partial charge in [0.2, 0.25) is 0 Å². The Morgan fingerprint density at radius 1 is 1.31 bits per heavy atom. The van der Waals surface area contributed by atoms with Gasteiger partial charge in [-0.3, -0.25) is 4.79 Å². The second-order valence-electron chi connectivity index (χ2n) is 3.70. The normalized spacial score (nSPS) is 15.4. The Morgan fingerprint density at radius 3 is 2.31 bits per heavy atom. The molecular formula is C10H22N2O. The van der Waals surface area contributed by atoms with E-state index in [0.717, 1.165) is 25.8 Å². The molecule has 0 amide bonds. The second kappa shape index (κ2) is 6.11. The topological polar surface area (TPSA) is 41.1 Å². The smallest absolute Gasteiger partial charge is 0.149 e. The van der Waals surface area contributed by atoms with Crippen molar-refractivity contribution in [1.29, 1.82) is 0 Å². The maximum Gasteiger partial charge on any atom is 0.149 e. The van der Waals surface area contributed by atoms with E-state index in [1.165, 1.54) is 0 Å². The van der Waals surface area contributed by atoms with Crippen LogP contribution < -0.4 is 10.6 Å². The van der Waals surface area contributed by atoms with Crippen LogP contribution >= 0.6 is 0 Å². The number of hydrogen-bond donors (Lipinski definition) is 2. The van der Waals surface area contributed by atoms with Gasteiger partial charge in [-0.2, -0.15) is 0 Å². The van der Waals surface area contributed by atoms with Crippen LogP contribution in [-0.4, -0.2) is 32.0 Å². The van der Waals surface area contributed by atoms with Gasteiger partial charge in [0.05, 0.1) is 5.54 Å². The summed E-state index contributed by atoms with van der Waals surface area (Å²) in [5, 5.41) is 6.18. The van der Waals surface area contributed by atoms with Crippen LogP contribution in [0.1, 0.15) is 33.1 Å². The Morgan fingerprint density at radius 2 is 1.92 bits per heavy atom. The van der Waals surface area contributed by atoms with Crippen LogP contribution in [0.5, 0.6) is 0 Å². The number of Topliss-reactive ketones (excluding diaryl/α,β-unsaturated/α-hetero) is 1. The van der Waals surface area contributed by atoms with Crippen LogP contribution in [0.25, 0.3) is 0 Å². The second-order valence-corrected chi connectivity index (χ2v) is 3.70. The molecule has 0 aliphatic heterocycles. The molecule has 0 spiro atoms. The Hall–Kier alpha value is -0.410. The molecule has 0 aromatic rings. The fourth-order valence-corrected chi connectivity index (χ4v) is 1.26. The number of hydrogen-bond acceptors (Lipinski definition) is 3. The minimum Gasteiger partial charge on any atom is -0.320 e. The van der Waals surface area contributed by atoms with E-state index in [0.29, 0.717) is 0 Å². The molecule has 0 aliphatic rings. The highest BCUT2D eigenvalue weighted by molar-refractivity contribution is 5.85. The first-order valence-corrected chi connectivity index (χ1v) is 4.91. The van der Waals surface area contributed by atoms with Gasteiger partial charge in [-0.15, -0.1) is 0 Å². The molecule has 0 radical (unpaired) electrons. The molecule has 0 aliphatic carbocycles. The minimum absolute atomic E-state index is 0.222. The van der Waals surface area contributed by atoms with Gasteiger partial charge in [0.1, 0.15) is 5.78 Å². The lowest BCUT2D eigenvalue weighted by Crippen LogP contribution is -2.46. The summed E-state index contributed by atoms with van der Waals surface area (Å²) in [6.07, 6.45) is 3.12. The summed E-state index contributed by atoms with van der Waals surface area (Å²) in [6.45, 7) is 4.64. The zero-order chi connectivity index (χ0) is 10.3. The standard InChI is InChI=1S/C10H22N2O/c1-9(13)10(2,12-4)7-5-6-8-11-3/h11-12H,5-8H2,1-4H3. The van der Waals surface area contributed by atoms with Gasteiger partial charge >= 0.3 is 0 Å². The summed E-state index contributed by atoms with van der Waals surface area (Å²) in [5.41, 5.74) is -0.326. The number of carbonyl (C=O) groups is 1. The zero-order valence-corrected chi connectivity index (χ0v) is 9.24. The third kappa shape index (κ3) is 4.39. The molecule has 13 heavy (non-hydrogen) atoms. The van der Waals surface area contributed by atoms with Crippen molar-refractivity contribution in [1.82, 2.24) is 10.6 Å². The molecule has 1 unspecified atom stereocenters. The molecule has 1 atom stereocenters. The van der Waals surface area contributed by atoms with E-state index in [1.54, 1.807) is 6.92 Å². The van der Waals surface area contributed by atoms with Crippen LogP contribution in [0.2, 0.25) is 0 Å². The number of carbonyl (C=O) groups excluding carboxylic acids is 1. The monoisotopic (exact) mass is 186 g/mol. The zero-order valence-electron chi connectivity index (χ0n) is 9.24. The predicted molar refractivity (Wildman–Crippen MR) is 55.9 cm³/mol. The lowest BCUT2D eigenvalue weighted by Gasteiger charge is -2.26. The summed E-state index contributed by atoms with van der Waals surface area (Å²) < 4.78 is 0. The quantitative estimate of drug-likeness (QED) is 0.581. The van der Waals surface area contributed by atoms with Gasteiger partial charge in [0.25, 0.3) is 0 Å². The summed E-state index contributed by atoms with van der Waals surface area (Å²) in [5.74, 6) is 0.222. The molecule has 0 aromatic heterocycles. The third-order valence-electron chi connectivity index (χ3n) is 2.68. The van der Waals surface area contributed by atoms with E-state index in [4.69, 9.17) is 0 Å². The van der Waals surface area contributed by atoms with E-state index in [9.17, 15) is 4.79 Å². The molecule has 0 fully saturated rings. The first-order valence-electron chi connectivity index (χ1n) is 4.91. The summed E-state index contributed by atoms with van der Waals surface area (Å²) >= 11 is 0. The van der Waals surface area contributed by atoms with Crippen molar-refractivity contribution in [2.75, 3.05) is 20.6 Å². The molecule has 0 saturated heterocycles. The first-order chi connectivity index (χ1) is 6.06. The largest absolute Gasteiger partial charge is 0.320 e. The number of rotatable bonds is 7. The Kier molecular flexibility index (Phi) is 5.91. The van der Waals surface area contributed by atoms with Crippen LogP contribution in [0.3, 0.4) is 0 Å². The predicted octanol–water partition coefficient (Wildman–Crippen LogP) is 0.943. The highest BCUT2D eigenvalue weighted by Crippen LogP contribution is 2.13. The van der Waals surface area contributed by atoms with Crippen molar-refractivity contribution in [2.45, 2.75) is 38.6 Å². The molecule has 3 nitrogen and oxygen atoms in total. The number of ketones is 1. The van der Waals surface area contributed by atoms with Crippen LogP contribution in [-0.2, 0) is 4.79 Å². The van der Waals surface area contributed by atoms with Gasteiger partial charge in [-0.05, 0) is 53.8 Å². The van der Waals surface area contributed by atoms with Gasteiger partial charge in [-0.25, -0.2) is 0 Å². The highest BCUT2D eigenvalue weighted by atomic mass is 16.1. The molecule has 2 N–H and O–H groups in total. The van der Waals surface area contributed by atoms with E-state index < -0.39 is 0 Å². The Bertz CT molecular complexity index is 159. The molecular weight excluding hydrogens is 164 g/mol. The maximum atomic E-state index is 11.3. The number of nitrogens with one attached hydrogen (secondary N) is 2. The van der Waals surface area contributed by atoms with Gasteiger partial charge in [-0.1, -0.05) is 0 Å². The molecule has 3 heteroatoms. The van der Waals surface area contributed by atoms with Crippen molar-refractivity contribution in [3.05, 3.63) is 0 Å². The van der Waals surface area contributed by atoms with Gasteiger partial charge < -0.3 is 10.6 Å². The van der Waals surface area contributed by atoms with Gasteiger partial charge in [0.15, 0.2) is 0 Å². The third-order valence-corrected chi connectivity index (χ3v) is 2.68.